The number of para-hydroxylation sites is 1. The number of nitrogens with zero attached hydrogens (tertiary/aromatic N) is 2. The van der Waals surface area contributed by atoms with Crippen LogP contribution in [0.15, 0.2) is 53.5 Å². The van der Waals surface area contributed by atoms with Gasteiger partial charge in [0.15, 0.2) is 4.80 Å². The molecule has 0 aliphatic carbocycles. The lowest BCUT2D eigenvalue weighted by molar-refractivity contribution is -0.124. The zero-order valence-corrected chi connectivity index (χ0v) is 18.1. The maximum atomic E-state index is 12.9. The van der Waals surface area contributed by atoms with Gasteiger partial charge < -0.3 is 9.88 Å². The van der Waals surface area contributed by atoms with Gasteiger partial charge in [0, 0.05) is 12.1 Å². The van der Waals surface area contributed by atoms with E-state index in [1.54, 1.807) is 12.1 Å². The number of benzene rings is 2. The van der Waals surface area contributed by atoms with Crippen molar-refractivity contribution < 1.29 is 9.59 Å². The Morgan fingerprint density at radius 3 is 2.45 bits per heavy atom. The third-order valence-electron chi connectivity index (χ3n) is 4.71. The number of carbonyl (C=O) groups is 2. The Morgan fingerprint density at radius 2 is 1.79 bits per heavy atom. The predicted octanol–water partition coefficient (Wildman–Crippen LogP) is 4.48. The van der Waals surface area contributed by atoms with E-state index in [0.717, 1.165) is 15.8 Å². The summed E-state index contributed by atoms with van der Waals surface area (Å²) >= 11 is 1.43. The molecule has 1 N–H and O–H groups in total. The number of carbonyl (C=O) groups excluding carboxylic acids is 2. The monoisotopic (exact) mass is 409 g/mol. The summed E-state index contributed by atoms with van der Waals surface area (Å²) in [4.78, 5) is 30.6. The number of aryl methyl sites for hydroxylation is 1. The zero-order chi connectivity index (χ0) is 21.0. The van der Waals surface area contributed by atoms with Crippen LogP contribution in [0.2, 0.25) is 0 Å². The Bertz CT molecular complexity index is 1080. The fraction of sp³-hybridized carbons (Fsp3) is 0.348. The Kier molecular flexibility index (Phi) is 6.64. The summed E-state index contributed by atoms with van der Waals surface area (Å²) in [7, 11) is 0. The van der Waals surface area contributed by atoms with Crippen molar-refractivity contribution in [2.75, 3.05) is 6.54 Å². The third-order valence-corrected chi connectivity index (χ3v) is 5.75. The lowest BCUT2D eigenvalue weighted by Gasteiger charge is -2.18. The van der Waals surface area contributed by atoms with Crippen LogP contribution in [0.4, 0.5) is 0 Å². The highest BCUT2D eigenvalue weighted by molar-refractivity contribution is 7.16. The SMILES string of the molecule is CCC(C(=O)NCC(C)C)n1c(=NC(=O)c2ccc(C)cc2)sc2ccccc21. The maximum Gasteiger partial charge on any atom is 0.279 e. The van der Waals surface area contributed by atoms with Crippen molar-refractivity contribution in [1.82, 2.24) is 9.88 Å². The van der Waals surface area contributed by atoms with E-state index in [1.807, 2.05) is 54.8 Å². The smallest absolute Gasteiger partial charge is 0.279 e. The van der Waals surface area contributed by atoms with Crippen molar-refractivity contribution >= 4 is 33.4 Å². The Morgan fingerprint density at radius 1 is 1.10 bits per heavy atom. The van der Waals surface area contributed by atoms with Crippen molar-refractivity contribution in [2.45, 2.75) is 40.2 Å². The summed E-state index contributed by atoms with van der Waals surface area (Å²) in [6.45, 7) is 8.70. The topological polar surface area (TPSA) is 63.5 Å². The molecule has 29 heavy (non-hydrogen) atoms. The Labute approximate surface area is 175 Å². The van der Waals surface area contributed by atoms with Crippen molar-refractivity contribution in [3.05, 3.63) is 64.5 Å². The second kappa shape index (κ2) is 9.18. The van der Waals surface area contributed by atoms with E-state index in [4.69, 9.17) is 0 Å². The fourth-order valence-electron chi connectivity index (χ4n) is 3.13. The Hall–Kier alpha value is -2.73. The lowest BCUT2D eigenvalue weighted by atomic mass is 10.1. The maximum absolute atomic E-state index is 12.9. The second-order valence-electron chi connectivity index (χ2n) is 7.57. The van der Waals surface area contributed by atoms with Crippen LogP contribution in [0.1, 0.15) is 49.2 Å². The molecule has 0 bridgehead atoms. The van der Waals surface area contributed by atoms with Crippen LogP contribution in [-0.4, -0.2) is 22.9 Å². The molecule has 0 aliphatic heterocycles. The van der Waals surface area contributed by atoms with Gasteiger partial charge in [-0.05, 0) is 43.5 Å². The molecule has 0 spiro atoms. The van der Waals surface area contributed by atoms with Gasteiger partial charge in [-0.3, -0.25) is 9.59 Å². The lowest BCUT2D eigenvalue weighted by Crippen LogP contribution is -2.37. The first-order valence-corrected chi connectivity index (χ1v) is 10.8. The van der Waals surface area contributed by atoms with Gasteiger partial charge in [-0.15, -0.1) is 0 Å². The van der Waals surface area contributed by atoms with Gasteiger partial charge in [0.05, 0.1) is 10.2 Å². The van der Waals surface area contributed by atoms with E-state index in [1.165, 1.54) is 11.3 Å². The molecule has 0 aliphatic rings. The van der Waals surface area contributed by atoms with Crippen molar-refractivity contribution in [3.63, 3.8) is 0 Å². The van der Waals surface area contributed by atoms with E-state index < -0.39 is 6.04 Å². The number of hydrogen-bond donors (Lipinski definition) is 1. The van der Waals surface area contributed by atoms with Gasteiger partial charge in [0.1, 0.15) is 6.04 Å². The number of thiazole rings is 1. The molecule has 0 saturated carbocycles. The molecule has 0 radical (unpaired) electrons. The Balaban J connectivity index is 2.09. The van der Waals surface area contributed by atoms with E-state index in [2.05, 4.69) is 24.2 Å². The molecule has 1 atom stereocenters. The zero-order valence-electron chi connectivity index (χ0n) is 17.3. The van der Waals surface area contributed by atoms with Gasteiger partial charge in [-0.1, -0.05) is 61.9 Å². The highest BCUT2D eigenvalue weighted by Crippen LogP contribution is 2.23. The van der Waals surface area contributed by atoms with Crippen LogP contribution in [0.3, 0.4) is 0 Å². The van der Waals surface area contributed by atoms with Crippen LogP contribution >= 0.6 is 11.3 Å². The first kappa shape index (κ1) is 21.0. The number of rotatable bonds is 6. The molecule has 1 aromatic heterocycles. The number of nitrogens with one attached hydrogen (secondary N) is 1. The summed E-state index contributed by atoms with van der Waals surface area (Å²) in [6, 6.07) is 14.8. The molecule has 1 unspecified atom stereocenters. The van der Waals surface area contributed by atoms with E-state index in [0.29, 0.717) is 29.2 Å². The van der Waals surface area contributed by atoms with Crippen LogP contribution in [0, 0.1) is 12.8 Å². The first-order chi connectivity index (χ1) is 13.9. The molecule has 3 aromatic rings. The minimum Gasteiger partial charge on any atom is -0.354 e. The highest BCUT2D eigenvalue weighted by Gasteiger charge is 2.22. The van der Waals surface area contributed by atoms with E-state index >= 15 is 0 Å². The average molecular weight is 410 g/mol. The summed E-state index contributed by atoms with van der Waals surface area (Å²) in [6.07, 6.45) is 0.608. The normalized spacial score (nSPS) is 13.1. The summed E-state index contributed by atoms with van der Waals surface area (Å²) in [5.41, 5.74) is 2.54. The van der Waals surface area contributed by atoms with Gasteiger partial charge in [0.2, 0.25) is 5.91 Å². The molecule has 152 valence electrons. The molecule has 2 amide bonds. The van der Waals surface area contributed by atoms with E-state index in [-0.39, 0.29) is 11.8 Å². The fourth-order valence-corrected chi connectivity index (χ4v) is 4.19. The van der Waals surface area contributed by atoms with Crippen molar-refractivity contribution in [2.24, 2.45) is 10.9 Å². The second-order valence-corrected chi connectivity index (χ2v) is 8.58. The third kappa shape index (κ3) is 4.82. The molecule has 0 fully saturated rings. The number of hydrogen-bond acceptors (Lipinski definition) is 3. The van der Waals surface area contributed by atoms with Crippen molar-refractivity contribution in [1.29, 1.82) is 0 Å². The standard InChI is InChI=1S/C23H27N3O2S/c1-5-18(22(28)24-14-15(2)3)26-19-8-6-7-9-20(19)29-23(26)25-21(27)17-12-10-16(4)11-13-17/h6-13,15,18H,5,14H2,1-4H3,(H,24,28). The van der Waals surface area contributed by atoms with Crippen LogP contribution in [0.5, 0.6) is 0 Å². The molecule has 0 saturated heterocycles. The molecular formula is C23H27N3O2S. The van der Waals surface area contributed by atoms with Gasteiger partial charge in [-0.25, -0.2) is 0 Å². The molecule has 5 nitrogen and oxygen atoms in total. The quantitative estimate of drug-likeness (QED) is 0.653. The summed E-state index contributed by atoms with van der Waals surface area (Å²) < 4.78 is 2.90. The van der Waals surface area contributed by atoms with Gasteiger partial charge in [-0.2, -0.15) is 4.99 Å². The predicted molar refractivity (Wildman–Crippen MR) is 118 cm³/mol. The summed E-state index contributed by atoms with van der Waals surface area (Å²) in [5, 5.41) is 3.02. The molecule has 1 heterocycles. The number of fused-ring (bicyclic) bond motifs is 1. The average Bonchev–Trinajstić information content (AvgIpc) is 3.05. The van der Waals surface area contributed by atoms with Gasteiger partial charge in [0.25, 0.3) is 5.91 Å². The minimum atomic E-state index is -0.422. The molecule has 3 rings (SSSR count). The largest absolute Gasteiger partial charge is 0.354 e. The summed E-state index contributed by atoms with van der Waals surface area (Å²) in [5.74, 6) is 0.0182. The van der Waals surface area contributed by atoms with Gasteiger partial charge >= 0.3 is 0 Å². The number of aromatic nitrogens is 1. The van der Waals surface area contributed by atoms with Crippen LogP contribution in [0.25, 0.3) is 10.2 Å². The minimum absolute atomic E-state index is 0.0472. The highest BCUT2D eigenvalue weighted by atomic mass is 32.1. The van der Waals surface area contributed by atoms with Crippen molar-refractivity contribution in [3.8, 4) is 0 Å². The molecule has 2 aromatic carbocycles. The van der Waals surface area contributed by atoms with Crippen LogP contribution < -0.4 is 10.1 Å². The van der Waals surface area contributed by atoms with E-state index in [9.17, 15) is 9.59 Å². The number of amides is 2. The first-order valence-electron chi connectivity index (χ1n) is 9.94. The molecule has 6 heteroatoms. The van der Waals surface area contributed by atoms with Crippen LogP contribution in [-0.2, 0) is 4.79 Å². The molecular weight excluding hydrogens is 382 g/mol.